The maximum atomic E-state index is 13.7. The number of rotatable bonds is 4. The average Bonchev–Trinajstić information content (AvgIpc) is 3.49. The van der Waals surface area contributed by atoms with Crippen LogP contribution in [0.25, 0.3) is 10.9 Å². The van der Waals surface area contributed by atoms with Gasteiger partial charge in [0.15, 0.2) is 11.5 Å². The number of hydrogen-bond acceptors (Lipinski definition) is 4. The van der Waals surface area contributed by atoms with Crippen molar-refractivity contribution in [1.82, 2.24) is 14.9 Å². The van der Waals surface area contributed by atoms with Crippen LogP contribution in [0.2, 0.25) is 0 Å². The van der Waals surface area contributed by atoms with Crippen molar-refractivity contribution in [2.75, 3.05) is 0 Å². The minimum Gasteiger partial charge on any atom is -0.395 e. The van der Waals surface area contributed by atoms with Crippen molar-refractivity contribution in [2.45, 2.75) is 51.0 Å². The molecular formula is C23H20F3N3O3. The third-order valence-electron chi connectivity index (χ3n) is 6.38. The lowest BCUT2D eigenvalue weighted by Crippen LogP contribution is -2.39. The molecule has 0 bridgehead atoms. The lowest BCUT2D eigenvalue weighted by Gasteiger charge is -2.25. The van der Waals surface area contributed by atoms with Crippen LogP contribution < -0.4 is 14.8 Å². The number of nitrogens with zero attached hydrogens (tertiary/aromatic N) is 2. The molecule has 9 heteroatoms. The van der Waals surface area contributed by atoms with Gasteiger partial charge in [-0.3, -0.25) is 4.79 Å². The summed E-state index contributed by atoms with van der Waals surface area (Å²) in [5.74, 6) is -0.427. The summed E-state index contributed by atoms with van der Waals surface area (Å²) in [5.41, 5.74) is 3.22. The first-order valence-electron chi connectivity index (χ1n) is 10.7. The Morgan fingerprint density at radius 2 is 1.97 bits per heavy atom. The lowest BCUT2D eigenvalue weighted by atomic mass is 9.91. The van der Waals surface area contributed by atoms with Crippen LogP contribution in [0.4, 0.5) is 13.2 Å². The maximum absolute atomic E-state index is 13.7. The van der Waals surface area contributed by atoms with E-state index in [1.807, 2.05) is 4.57 Å². The molecule has 32 heavy (non-hydrogen) atoms. The van der Waals surface area contributed by atoms with Gasteiger partial charge >= 0.3 is 6.29 Å². The van der Waals surface area contributed by atoms with E-state index in [2.05, 4.69) is 19.8 Å². The number of benzene rings is 1. The number of hydrogen-bond donors (Lipinski definition) is 1. The fourth-order valence-electron chi connectivity index (χ4n) is 4.76. The number of halogens is 3. The van der Waals surface area contributed by atoms with Gasteiger partial charge in [0.2, 0.25) is 11.9 Å². The molecule has 2 aliphatic carbocycles. The molecule has 3 heterocycles. The van der Waals surface area contributed by atoms with E-state index < -0.39 is 12.2 Å². The summed E-state index contributed by atoms with van der Waals surface area (Å²) >= 11 is 0. The number of fused-ring (bicyclic) bond motifs is 4. The number of pyridine rings is 1. The molecule has 6 nitrogen and oxygen atoms in total. The van der Waals surface area contributed by atoms with Crippen molar-refractivity contribution in [3.63, 3.8) is 0 Å². The zero-order chi connectivity index (χ0) is 22.0. The molecule has 1 amide bonds. The molecule has 3 aromatic rings. The van der Waals surface area contributed by atoms with E-state index in [0.29, 0.717) is 30.6 Å². The molecule has 1 N–H and O–H groups in total. The summed E-state index contributed by atoms with van der Waals surface area (Å²) in [4.78, 5) is 16.2. The van der Waals surface area contributed by atoms with Crippen LogP contribution in [-0.4, -0.2) is 27.8 Å². The predicted molar refractivity (Wildman–Crippen MR) is 108 cm³/mol. The van der Waals surface area contributed by atoms with Gasteiger partial charge in [0.1, 0.15) is 0 Å². The molecule has 166 valence electrons. The van der Waals surface area contributed by atoms with Crippen LogP contribution in [0.5, 0.6) is 11.5 Å². The number of carbonyl (C=O) groups excluding carboxylic acids is 1. The third kappa shape index (κ3) is 3.36. The second-order valence-electron chi connectivity index (χ2n) is 8.67. The summed E-state index contributed by atoms with van der Waals surface area (Å²) in [6, 6.07) is 7.69. The number of amides is 1. The van der Waals surface area contributed by atoms with Gasteiger partial charge in [0.25, 0.3) is 0 Å². The SMILES string of the molecule is O=C(NC1CCc2c(c3cc4c(cc3n2Cc2cccc(F)n2)OC(F)(F)O4)C1)C1CC1. The van der Waals surface area contributed by atoms with Gasteiger partial charge in [-0.05, 0) is 55.9 Å². The van der Waals surface area contributed by atoms with Crippen molar-refractivity contribution in [3.8, 4) is 11.5 Å². The minimum absolute atomic E-state index is 0.0181. The van der Waals surface area contributed by atoms with Gasteiger partial charge in [-0.25, -0.2) is 4.98 Å². The van der Waals surface area contributed by atoms with Gasteiger partial charge in [-0.15, -0.1) is 8.78 Å². The summed E-state index contributed by atoms with van der Waals surface area (Å²) in [5, 5.41) is 3.90. The lowest BCUT2D eigenvalue weighted by molar-refractivity contribution is -0.286. The Hall–Kier alpha value is -3.23. The molecule has 3 aliphatic rings. The first kappa shape index (κ1) is 19.5. The highest BCUT2D eigenvalue weighted by molar-refractivity contribution is 5.90. The number of ether oxygens (including phenoxy) is 2. The third-order valence-corrected chi connectivity index (χ3v) is 6.38. The van der Waals surface area contributed by atoms with E-state index in [1.54, 1.807) is 24.3 Å². The standard InChI is InChI=1S/C23H20F3N3O3/c24-21-3-1-2-14(27-21)11-29-17-7-6-13(28-22(30)12-4-5-12)8-15(17)16-9-19-20(10-18(16)29)32-23(25,26)31-19/h1-3,9-10,12-13H,4-8,11H2,(H,28,30). The van der Waals surface area contributed by atoms with E-state index >= 15 is 0 Å². The van der Waals surface area contributed by atoms with Gasteiger partial charge in [-0.2, -0.15) is 4.39 Å². The Morgan fingerprint density at radius 3 is 2.72 bits per heavy atom. The number of nitrogens with one attached hydrogen (secondary N) is 1. The van der Waals surface area contributed by atoms with E-state index in [0.717, 1.165) is 35.9 Å². The Kier molecular flexibility index (Phi) is 4.18. The summed E-state index contributed by atoms with van der Waals surface area (Å²) in [6.45, 7) is 0.290. The normalized spacial score (nSPS) is 20.9. The smallest absolute Gasteiger partial charge is 0.395 e. The van der Waals surface area contributed by atoms with Crippen molar-refractivity contribution in [1.29, 1.82) is 0 Å². The van der Waals surface area contributed by atoms with Crippen molar-refractivity contribution in [3.05, 3.63) is 53.2 Å². The molecule has 0 radical (unpaired) electrons. The van der Waals surface area contributed by atoms with Crippen LogP contribution in [-0.2, 0) is 24.2 Å². The van der Waals surface area contributed by atoms with Gasteiger partial charge in [0.05, 0.1) is 17.8 Å². The molecule has 1 saturated carbocycles. The van der Waals surface area contributed by atoms with Crippen molar-refractivity contribution < 1.29 is 27.4 Å². The molecule has 1 atom stereocenters. The zero-order valence-corrected chi connectivity index (χ0v) is 17.0. The van der Waals surface area contributed by atoms with Crippen LogP contribution >= 0.6 is 0 Å². The fourth-order valence-corrected chi connectivity index (χ4v) is 4.76. The summed E-state index contributed by atoms with van der Waals surface area (Å²) in [6.07, 6.45) is 0.199. The second kappa shape index (κ2) is 6.88. The van der Waals surface area contributed by atoms with Gasteiger partial charge in [-0.1, -0.05) is 6.07 Å². The monoisotopic (exact) mass is 443 g/mol. The quantitative estimate of drug-likeness (QED) is 0.621. The first-order valence-corrected chi connectivity index (χ1v) is 10.7. The highest BCUT2D eigenvalue weighted by Crippen LogP contribution is 2.46. The molecule has 1 unspecified atom stereocenters. The minimum atomic E-state index is -3.71. The molecule has 1 fully saturated rings. The Labute approximate surface area is 181 Å². The Bertz CT molecular complexity index is 1250. The van der Waals surface area contributed by atoms with Crippen LogP contribution in [0, 0.1) is 11.9 Å². The molecule has 6 rings (SSSR count). The van der Waals surface area contributed by atoms with E-state index in [-0.39, 0.29) is 29.4 Å². The molecule has 0 saturated heterocycles. The molecule has 0 spiro atoms. The van der Waals surface area contributed by atoms with Crippen LogP contribution in [0.3, 0.4) is 0 Å². The highest BCUT2D eigenvalue weighted by Gasteiger charge is 2.44. The second-order valence-corrected chi connectivity index (χ2v) is 8.67. The predicted octanol–water partition coefficient (Wildman–Crippen LogP) is 3.93. The largest absolute Gasteiger partial charge is 0.586 e. The molecule has 1 aromatic carbocycles. The van der Waals surface area contributed by atoms with Crippen LogP contribution in [0.1, 0.15) is 36.2 Å². The molecule has 1 aliphatic heterocycles. The van der Waals surface area contributed by atoms with Gasteiger partial charge < -0.3 is 19.4 Å². The Morgan fingerprint density at radius 1 is 1.19 bits per heavy atom. The summed E-state index contributed by atoms with van der Waals surface area (Å²) < 4.78 is 52.3. The maximum Gasteiger partial charge on any atom is 0.586 e. The van der Waals surface area contributed by atoms with Crippen molar-refractivity contribution in [2.24, 2.45) is 5.92 Å². The average molecular weight is 443 g/mol. The van der Waals surface area contributed by atoms with E-state index in [9.17, 15) is 18.0 Å². The van der Waals surface area contributed by atoms with E-state index in [4.69, 9.17) is 0 Å². The number of alkyl halides is 2. The van der Waals surface area contributed by atoms with E-state index in [1.165, 1.54) is 6.07 Å². The van der Waals surface area contributed by atoms with Crippen LogP contribution in [0.15, 0.2) is 30.3 Å². The topological polar surface area (TPSA) is 65.4 Å². The fraction of sp³-hybridized carbons (Fsp3) is 0.391. The van der Waals surface area contributed by atoms with Gasteiger partial charge in [0, 0.05) is 29.1 Å². The molecular weight excluding hydrogens is 423 g/mol. The Balaban J connectivity index is 1.43. The number of carbonyl (C=O) groups is 1. The highest BCUT2D eigenvalue weighted by atomic mass is 19.3. The molecule has 2 aromatic heterocycles. The number of aromatic nitrogens is 2. The van der Waals surface area contributed by atoms with Crippen molar-refractivity contribution >= 4 is 16.8 Å². The first-order chi connectivity index (χ1) is 15.4. The zero-order valence-electron chi connectivity index (χ0n) is 17.0. The summed E-state index contributed by atoms with van der Waals surface area (Å²) in [7, 11) is 0.